The summed E-state index contributed by atoms with van der Waals surface area (Å²) in [6.45, 7) is 3.97. The molecule has 0 unspecified atom stereocenters. The molecule has 1 fully saturated rings. The maximum absolute atomic E-state index is 11.8. The fourth-order valence-electron chi connectivity index (χ4n) is 1.82. The molecule has 104 valence electrons. The third kappa shape index (κ3) is 3.26. The lowest BCUT2D eigenvalue weighted by Gasteiger charge is -2.31. The predicted octanol–water partition coefficient (Wildman–Crippen LogP) is 1.00. The van der Waals surface area contributed by atoms with Crippen LogP contribution >= 0.6 is 0 Å². The van der Waals surface area contributed by atoms with E-state index in [1.807, 2.05) is 11.0 Å². The minimum absolute atomic E-state index is 0.107. The van der Waals surface area contributed by atoms with Crippen LogP contribution in [0.4, 0.5) is 0 Å². The van der Waals surface area contributed by atoms with Crippen molar-refractivity contribution in [2.75, 3.05) is 18.8 Å². The van der Waals surface area contributed by atoms with Gasteiger partial charge in [-0.05, 0) is 24.1 Å². The van der Waals surface area contributed by atoms with E-state index in [0.717, 1.165) is 25.1 Å². The third-order valence-corrected chi connectivity index (χ3v) is 4.97. The van der Waals surface area contributed by atoms with Gasteiger partial charge in [-0.1, -0.05) is 19.1 Å². The van der Waals surface area contributed by atoms with Gasteiger partial charge in [-0.2, -0.15) is 0 Å². The number of nitrogens with two attached hydrogens (primary N) is 1. The molecule has 1 aliphatic heterocycles. The summed E-state index contributed by atoms with van der Waals surface area (Å²) in [6, 6.07) is 6.89. The summed E-state index contributed by atoms with van der Waals surface area (Å²) in [5.74, 6) is 0.644. The van der Waals surface area contributed by atoms with Crippen LogP contribution in [0.2, 0.25) is 0 Å². The molecule has 19 heavy (non-hydrogen) atoms. The highest BCUT2D eigenvalue weighted by Gasteiger charge is 2.15. The molecule has 2 rings (SSSR count). The largest absolute Gasteiger partial charge is 0.370 e. The maximum atomic E-state index is 11.8. The number of rotatable bonds is 4. The summed E-state index contributed by atoms with van der Waals surface area (Å²) in [6.07, 6.45) is 1.15. The number of guanidine groups is 1. The predicted molar refractivity (Wildman–Crippen MR) is 75.7 cm³/mol. The fourth-order valence-corrected chi connectivity index (χ4v) is 2.77. The minimum Gasteiger partial charge on any atom is -0.370 e. The molecule has 1 aromatic carbocycles. The Balaban J connectivity index is 2.11. The number of hydrogen-bond donors (Lipinski definition) is 1. The Morgan fingerprint density at radius 2 is 2.16 bits per heavy atom. The molecule has 0 aliphatic carbocycles. The van der Waals surface area contributed by atoms with Crippen molar-refractivity contribution in [1.82, 2.24) is 4.90 Å². The molecule has 5 nitrogen and oxygen atoms in total. The molecule has 0 aromatic heterocycles. The van der Waals surface area contributed by atoms with Gasteiger partial charge in [-0.15, -0.1) is 0 Å². The second-order valence-electron chi connectivity index (χ2n) is 4.57. The maximum Gasteiger partial charge on any atom is 0.191 e. The lowest BCUT2D eigenvalue weighted by Crippen LogP contribution is -2.46. The summed E-state index contributed by atoms with van der Waals surface area (Å²) in [5.41, 5.74) is 6.69. The quantitative estimate of drug-likeness (QED) is 0.660. The summed E-state index contributed by atoms with van der Waals surface area (Å²) < 4.78 is 23.6. The number of likely N-dealkylation sites (tertiary alicyclic amines) is 1. The third-order valence-electron chi connectivity index (χ3n) is 3.24. The topological polar surface area (TPSA) is 75.8 Å². The minimum atomic E-state index is -3.16. The van der Waals surface area contributed by atoms with Crippen molar-refractivity contribution in [2.24, 2.45) is 10.7 Å². The Kier molecular flexibility index (Phi) is 4.09. The Labute approximate surface area is 114 Å². The number of sulfone groups is 1. The van der Waals surface area contributed by atoms with Gasteiger partial charge >= 0.3 is 0 Å². The summed E-state index contributed by atoms with van der Waals surface area (Å²) >= 11 is 0. The first-order chi connectivity index (χ1) is 9.03. The number of hydrogen-bond acceptors (Lipinski definition) is 3. The highest BCUT2D eigenvalue weighted by atomic mass is 32.2. The van der Waals surface area contributed by atoms with E-state index in [-0.39, 0.29) is 5.75 Å². The monoisotopic (exact) mass is 281 g/mol. The van der Waals surface area contributed by atoms with Gasteiger partial charge in [0.05, 0.1) is 17.2 Å². The molecule has 0 bridgehead atoms. The first-order valence-electron chi connectivity index (χ1n) is 6.39. The van der Waals surface area contributed by atoms with Gasteiger partial charge in [-0.3, -0.25) is 0 Å². The SMILES string of the molecule is CCS(=O)(=O)c1cccc(CN=C(N)N2CCC2)c1. The van der Waals surface area contributed by atoms with Crippen LogP contribution < -0.4 is 5.73 Å². The van der Waals surface area contributed by atoms with Crippen LogP contribution in [-0.4, -0.2) is 38.1 Å². The second-order valence-corrected chi connectivity index (χ2v) is 6.84. The van der Waals surface area contributed by atoms with Gasteiger partial charge in [0.2, 0.25) is 0 Å². The molecule has 0 saturated carbocycles. The zero-order valence-corrected chi connectivity index (χ0v) is 11.9. The zero-order chi connectivity index (χ0) is 13.9. The number of nitrogens with zero attached hydrogens (tertiary/aromatic N) is 2. The van der Waals surface area contributed by atoms with Gasteiger partial charge in [0.15, 0.2) is 15.8 Å². The lowest BCUT2D eigenvalue weighted by molar-refractivity contribution is 0.295. The zero-order valence-electron chi connectivity index (χ0n) is 11.0. The summed E-state index contributed by atoms with van der Waals surface area (Å²) in [5, 5.41) is 0. The molecular formula is C13H19N3O2S. The normalized spacial score (nSPS) is 16.3. The fraction of sp³-hybridized carbons (Fsp3) is 0.462. The molecule has 0 atom stereocenters. The van der Waals surface area contributed by atoms with Gasteiger partial charge in [-0.25, -0.2) is 13.4 Å². The molecular weight excluding hydrogens is 262 g/mol. The summed E-state index contributed by atoms with van der Waals surface area (Å²) in [4.78, 5) is 6.65. The van der Waals surface area contributed by atoms with Gasteiger partial charge in [0, 0.05) is 13.1 Å². The Morgan fingerprint density at radius 3 is 2.74 bits per heavy atom. The molecule has 1 aromatic rings. The van der Waals surface area contributed by atoms with Crippen molar-refractivity contribution in [3.63, 3.8) is 0 Å². The highest BCUT2D eigenvalue weighted by Crippen LogP contribution is 2.14. The Hall–Kier alpha value is -1.56. The van der Waals surface area contributed by atoms with Crippen molar-refractivity contribution in [3.8, 4) is 0 Å². The Morgan fingerprint density at radius 1 is 1.42 bits per heavy atom. The van der Waals surface area contributed by atoms with E-state index in [9.17, 15) is 8.42 Å². The highest BCUT2D eigenvalue weighted by molar-refractivity contribution is 7.91. The van der Waals surface area contributed by atoms with Crippen LogP contribution in [0.25, 0.3) is 0 Å². The summed E-state index contributed by atoms with van der Waals surface area (Å²) in [7, 11) is -3.16. The molecule has 6 heteroatoms. The van der Waals surface area contributed by atoms with E-state index < -0.39 is 9.84 Å². The number of benzene rings is 1. The average molecular weight is 281 g/mol. The van der Waals surface area contributed by atoms with E-state index in [0.29, 0.717) is 17.4 Å². The van der Waals surface area contributed by atoms with Crippen LogP contribution in [-0.2, 0) is 16.4 Å². The second kappa shape index (κ2) is 5.61. The number of aliphatic imine (C=N–C) groups is 1. The van der Waals surface area contributed by atoms with Crippen molar-refractivity contribution < 1.29 is 8.42 Å². The van der Waals surface area contributed by atoms with E-state index in [1.165, 1.54) is 0 Å². The van der Waals surface area contributed by atoms with Gasteiger partial charge in [0.1, 0.15) is 0 Å². The molecule has 0 amide bonds. The molecule has 0 spiro atoms. The molecule has 1 saturated heterocycles. The smallest absolute Gasteiger partial charge is 0.191 e. The standard InChI is InChI=1S/C13H19N3O2S/c1-2-19(17,18)12-6-3-5-11(9-12)10-15-13(14)16-7-4-8-16/h3,5-6,9H,2,4,7-8,10H2,1H3,(H2,14,15). The van der Waals surface area contributed by atoms with E-state index in [2.05, 4.69) is 4.99 Å². The van der Waals surface area contributed by atoms with Crippen LogP contribution in [0.15, 0.2) is 34.2 Å². The molecule has 0 radical (unpaired) electrons. The molecule has 1 aliphatic rings. The van der Waals surface area contributed by atoms with Crippen LogP contribution in [0.5, 0.6) is 0 Å². The first kappa shape index (κ1) is 13.9. The molecule has 1 heterocycles. The van der Waals surface area contributed by atoms with E-state index in [4.69, 9.17) is 5.73 Å². The average Bonchev–Trinajstić information content (AvgIpc) is 2.35. The van der Waals surface area contributed by atoms with Crippen molar-refractivity contribution in [1.29, 1.82) is 0 Å². The van der Waals surface area contributed by atoms with Gasteiger partial charge < -0.3 is 10.6 Å². The van der Waals surface area contributed by atoms with E-state index >= 15 is 0 Å². The van der Waals surface area contributed by atoms with Crippen molar-refractivity contribution in [3.05, 3.63) is 29.8 Å². The van der Waals surface area contributed by atoms with Crippen LogP contribution in [0.1, 0.15) is 18.9 Å². The Bertz CT molecular complexity index is 577. The first-order valence-corrected chi connectivity index (χ1v) is 8.04. The van der Waals surface area contributed by atoms with Crippen molar-refractivity contribution in [2.45, 2.75) is 24.8 Å². The molecule has 2 N–H and O–H groups in total. The van der Waals surface area contributed by atoms with Crippen LogP contribution in [0.3, 0.4) is 0 Å². The van der Waals surface area contributed by atoms with E-state index in [1.54, 1.807) is 25.1 Å². The van der Waals surface area contributed by atoms with Crippen LogP contribution in [0, 0.1) is 0 Å². The van der Waals surface area contributed by atoms with Crippen molar-refractivity contribution >= 4 is 15.8 Å². The lowest BCUT2D eigenvalue weighted by atomic mass is 10.2. The van der Waals surface area contributed by atoms with Gasteiger partial charge in [0.25, 0.3) is 0 Å².